The van der Waals surface area contributed by atoms with E-state index in [2.05, 4.69) is 20.6 Å². The lowest BCUT2D eigenvalue weighted by Gasteiger charge is -2.12. The summed E-state index contributed by atoms with van der Waals surface area (Å²) in [4.78, 5) is 6.71. The van der Waals surface area contributed by atoms with E-state index in [0.29, 0.717) is 6.54 Å². The van der Waals surface area contributed by atoms with Gasteiger partial charge >= 0.3 is 6.18 Å². The van der Waals surface area contributed by atoms with Crippen LogP contribution >= 0.6 is 0 Å². The average molecular weight is 327 g/mol. The number of alkyl halides is 3. The summed E-state index contributed by atoms with van der Waals surface area (Å²) in [6.07, 6.45) is -4.51. The Morgan fingerprint density at radius 3 is 2.29 bits per heavy atom. The number of anilines is 2. The number of rotatable bonds is 7. The second-order valence-corrected chi connectivity index (χ2v) is 5.87. The maximum Gasteiger partial charge on any atom is 0.451 e. The number of primary sulfonamides is 1. The van der Waals surface area contributed by atoms with Crippen LogP contribution in [0.2, 0.25) is 0 Å². The Morgan fingerprint density at radius 2 is 1.81 bits per heavy atom. The second kappa shape index (κ2) is 6.89. The third-order valence-electron chi connectivity index (χ3n) is 2.25. The Morgan fingerprint density at radius 1 is 1.24 bits per heavy atom. The first-order valence-electron chi connectivity index (χ1n) is 6.06. The molecule has 0 aliphatic heterocycles. The summed E-state index contributed by atoms with van der Waals surface area (Å²) in [6.45, 7) is 2.24. The van der Waals surface area contributed by atoms with Crippen LogP contribution in [-0.4, -0.2) is 37.2 Å². The number of nitrogens with one attached hydrogen (secondary N) is 2. The molecule has 0 unspecified atom stereocenters. The van der Waals surface area contributed by atoms with Crippen molar-refractivity contribution < 1.29 is 21.6 Å². The van der Waals surface area contributed by atoms with E-state index >= 15 is 0 Å². The topological polar surface area (TPSA) is 110 Å². The highest BCUT2D eigenvalue weighted by Gasteiger charge is 2.35. The molecule has 0 spiro atoms. The maximum atomic E-state index is 12.7. The molecule has 21 heavy (non-hydrogen) atoms. The van der Waals surface area contributed by atoms with Crippen molar-refractivity contribution in [2.75, 3.05) is 29.5 Å². The molecule has 0 amide bonds. The first kappa shape index (κ1) is 17.4. The maximum absolute atomic E-state index is 12.7. The van der Waals surface area contributed by atoms with Crippen molar-refractivity contribution in [3.63, 3.8) is 0 Å². The Labute approximate surface area is 120 Å². The molecule has 11 heteroatoms. The van der Waals surface area contributed by atoms with Gasteiger partial charge in [0, 0.05) is 19.2 Å². The Bertz CT molecular complexity index is 577. The number of nitrogens with two attached hydrogens (primary N) is 1. The largest absolute Gasteiger partial charge is 0.451 e. The zero-order chi connectivity index (χ0) is 16.1. The van der Waals surface area contributed by atoms with Crippen LogP contribution < -0.4 is 15.8 Å². The summed E-state index contributed by atoms with van der Waals surface area (Å²) in [5, 5.41) is 10.1. The van der Waals surface area contributed by atoms with Crippen LogP contribution in [0.5, 0.6) is 0 Å². The van der Waals surface area contributed by atoms with Gasteiger partial charge in [0.05, 0.1) is 5.75 Å². The van der Waals surface area contributed by atoms with Gasteiger partial charge in [-0.1, -0.05) is 0 Å². The third-order valence-corrected chi connectivity index (χ3v) is 3.11. The van der Waals surface area contributed by atoms with Gasteiger partial charge in [-0.3, -0.25) is 0 Å². The summed E-state index contributed by atoms with van der Waals surface area (Å²) in [5.41, 5.74) is 0. The van der Waals surface area contributed by atoms with Crippen molar-refractivity contribution in [2.24, 2.45) is 5.14 Å². The highest BCUT2D eigenvalue weighted by atomic mass is 32.2. The molecule has 4 N–H and O–H groups in total. The van der Waals surface area contributed by atoms with Gasteiger partial charge in [0.1, 0.15) is 11.6 Å². The molecule has 1 rings (SSSR count). The lowest BCUT2D eigenvalue weighted by molar-refractivity contribution is -0.144. The van der Waals surface area contributed by atoms with Crippen LogP contribution in [0.3, 0.4) is 0 Å². The highest BCUT2D eigenvalue weighted by molar-refractivity contribution is 7.89. The molecule has 0 radical (unpaired) electrons. The third kappa shape index (κ3) is 6.58. The summed E-state index contributed by atoms with van der Waals surface area (Å²) in [5.74, 6) is -1.54. The SMILES string of the molecule is CCNc1cc(NCCCS(N)(=O)=O)nc(C(F)(F)F)n1. The van der Waals surface area contributed by atoms with Crippen LogP contribution in [0.25, 0.3) is 0 Å². The average Bonchev–Trinajstić information content (AvgIpc) is 2.33. The Hall–Kier alpha value is -1.62. The molecule has 0 saturated heterocycles. The molecule has 0 fully saturated rings. The lowest BCUT2D eigenvalue weighted by Crippen LogP contribution is -2.19. The van der Waals surface area contributed by atoms with Gasteiger partial charge < -0.3 is 10.6 Å². The predicted octanol–water partition coefficient (Wildman–Crippen LogP) is 1.02. The van der Waals surface area contributed by atoms with E-state index in [1.807, 2.05) is 0 Å². The van der Waals surface area contributed by atoms with Crippen LogP contribution in [0.4, 0.5) is 24.8 Å². The molecule has 0 aromatic carbocycles. The van der Waals surface area contributed by atoms with E-state index in [0.717, 1.165) is 0 Å². The second-order valence-electron chi connectivity index (χ2n) is 4.14. The summed E-state index contributed by atoms with van der Waals surface area (Å²) in [6, 6.07) is 1.32. The van der Waals surface area contributed by atoms with Crippen molar-refractivity contribution in [1.29, 1.82) is 0 Å². The van der Waals surface area contributed by atoms with Gasteiger partial charge in [-0.25, -0.2) is 23.5 Å². The number of sulfonamides is 1. The number of hydrogen-bond donors (Lipinski definition) is 3. The fourth-order valence-electron chi connectivity index (χ4n) is 1.43. The van der Waals surface area contributed by atoms with Crippen molar-refractivity contribution in [2.45, 2.75) is 19.5 Å². The van der Waals surface area contributed by atoms with Gasteiger partial charge in [-0.05, 0) is 13.3 Å². The highest BCUT2D eigenvalue weighted by Crippen LogP contribution is 2.28. The molecule has 1 aromatic rings. The Balaban J connectivity index is 2.78. The normalized spacial score (nSPS) is 12.2. The first-order valence-corrected chi connectivity index (χ1v) is 7.78. The van der Waals surface area contributed by atoms with E-state index in [1.165, 1.54) is 6.07 Å². The first-order chi connectivity index (χ1) is 9.62. The minimum Gasteiger partial charge on any atom is -0.370 e. The molecule has 0 aliphatic carbocycles. The zero-order valence-electron chi connectivity index (χ0n) is 11.2. The van der Waals surface area contributed by atoms with E-state index in [4.69, 9.17) is 5.14 Å². The zero-order valence-corrected chi connectivity index (χ0v) is 12.1. The standard InChI is InChI=1S/C10H16F3N5O2S/c1-2-15-7-6-8(16-4-3-5-21(14,19)20)18-9(17-7)10(11,12)13/h6H,2-5H2,1H3,(H2,14,19,20)(H2,15,16,17,18). The van der Waals surface area contributed by atoms with E-state index in [9.17, 15) is 21.6 Å². The number of nitrogens with zero attached hydrogens (tertiary/aromatic N) is 2. The lowest BCUT2D eigenvalue weighted by atomic mass is 10.4. The molecule has 120 valence electrons. The smallest absolute Gasteiger partial charge is 0.370 e. The fraction of sp³-hybridized carbons (Fsp3) is 0.600. The van der Waals surface area contributed by atoms with Crippen molar-refractivity contribution in [1.82, 2.24) is 9.97 Å². The van der Waals surface area contributed by atoms with E-state index in [-0.39, 0.29) is 30.4 Å². The van der Waals surface area contributed by atoms with Gasteiger partial charge in [0.15, 0.2) is 0 Å². The molecular weight excluding hydrogens is 311 g/mol. The molecular formula is C10H16F3N5O2S. The van der Waals surface area contributed by atoms with Gasteiger partial charge in [-0.2, -0.15) is 13.2 Å². The van der Waals surface area contributed by atoms with Gasteiger partial charge in [0.2, 0.25) is 15.8 Å². The molecule has 1 heterocycles. The van der Waals surface area contributed by atoms with E-state index < -0.39 is 22.0 Å². The van der Waals surface area contributed by atoms with Crippen LogP contribution in [0.1, 0.15) is 19.2 Å². The molecule has 1 aromatic heterocycles. The predicted molar refractivity (Wildman–Crippen MR) is 72.3 cm³/mol. The van der Waals surface area contributed by atoms with Crippen molar-refractivity contribution in [3.8, 4) is 0 Å². The number of aromatic nitrogens is 2. The summed E-state index contributed by atoms with van der Waals surface area (Å²) in [7, 11) is -3.59. The molecule has 0 atom stereocenters. The summed E-state index contributed by atoms with van der Waals surface area (Å²) < 4.78 is 59.4. The molecule has 7 nitrogen and oxygen atoms in total. The quantitative estimate of drug-likeness (QED) is 0.645. The number of halogens is 3. The monoisotopic (exact) mass is 327 g/mol. The van der Waals surface area contributed by atoms with Gasteiger partial charge in [-0.15, -0.1) is 0 Å². The summed E-state index contributed by atoms with van der Waals surface area (Å²) >= 11 is 0. The fourth-order valence-corrected chi connectivity index (χ4v) is 1.97. The van der Waals surface area contributed by atoms with Crippen LogP contribution in [-0.2, 0) is 16.2 Å². The Kier molecular flexibility index (Phi) is 5.72. The number of hydrogen-bond acceptors (Lipinski definition) is 6. The molecule has 0 saturated carbocycles. The minimum atomic E-state index is -4.66. The van der Waals surface area contributed by atoms with Crippen molar-refractivity contribution >= 4 is 21.7 Å². The van der Waals surface area contributed by atoms with Crippen LogP contribution in [0, 0.1) is 0 Å². The minimum absolute atomic E-state index is 0.0359. The van der Waals surface area contributed by atoms with E-state index in [1.54, 1.807) is 6.92 Å². The van der Waals surface area contributed by atoms with Crippen molar-refractivity contribution in [3.05, 3.63) is 11.9 Å². The van der Waals surface area contributed by atoms with Crippen LogP contribution in [0.15, 0.2) is 6.07 Å². The molecule has 0 bridgehead atoms. The van der Waals surface area contributed by atoms with Gasteiger partial charge in [0.25, 0.3) is 0 Å². The molecule has 0 aliphatic rings.